The van der Waals surface area contributed by atoms with Crippen molar-refractivity contribution >= 4 is 17.0 Å². The Bertz CT molecular complexity index is 1750. The number of hydrogen-bond acceptors (Lipinski definition) is 5. The zero-order valence-electron chi connectivity index (χ0n) is 22.7. The van der Waals surface area contributed by atoms with Crippen molar-refractivity contribution in [1.29, 1.82) is 0 Å². The van der Waals surface area contributed by atoms with Crippen molar-refractivity contribution in [3.63, 3.8) is 0 Å². The van der Waals surface area contributed by atoms with Crippen molar-refractivity contribution in [2.45, 2.75) is 45.3 Å². The number of nitrogens with zero attached hydrogens (tertiary/aromatic N) is 2. The summed E-state index contributed by atoms with van der Waals surface area (Å²) >= 11 is 0. The van der Waals surface area contributed by atoms with Crippen LogP contribution in [0, 0.1) is 24.4 Å². The summed E-state index contributed by atoms with van der Waals surface area (Å²) in [6.07, 6.45) is 3.36. The predicted octanol–water partition coefficient (Wildman–Crippen LogP) is 6.75. The van der Waals surface area contributed by atoms with E-state index in [1.54, 1.807) is 37.3 Å². The number of aliphatic hydroxyl groups is 1. The fourth-order valence-corrected chi connectivity index (χ4v) is 4.33. The van der Waals surface area contributed by atoms with E-state index in [1.165, 1.54) is 30.7 Å². The molecule has 2 heterocycles. The number of aromatic nitrogens is 3. The molecule has 0 amide bonds. The summed E-state index contributed by atoms with van der Waals surface area (Å²) in [5.74, 6) is -2.31. The van der Waals surface area contributed by atoms with Crippen LogP contribution in [0.5, 0.6) is 5.88 Å². The molecule has 1 fully saturated rings. The molecule has 0 saturated heterocycles. The number of carboxylic acid groups (broad SMARTS) is 1. The molecule has 1 saturated carbocycles. The van der Waals surface area contributed by atoms with Gasteiger partial charge in [0.15, 0.2) is 0 Å². The third-order valence-electron chi connectivity index (χ3n) is 6.93. The van der Waals surface area contributed by atoms with Gasteiger partial charge in [0.05, 0.1) is 28.4 Å². The smallest absolute Gasteiger partial charge is 0.335 e. The summed E-state index contributed by atoms with van der Waals surface area (Å²) in [5.41, 5.74) is 2.41. The number of aryl methyl sites for hydroxylation is 1. The van der Waals surface area contributed by atoms with Crippen LogP contribution in [0.2, 0.25) is 0 Å². The highest BCUT2D eigenvalue weighted by molar-refractivity contribution is 5.92. The lowest BCUT2D eigenvalue weighted by atomic mass is 9.97. The predicted molar refractivity (Wildman–Crippen MR) is 151 cm³/mol. The second kappa shape index (κ2) is 12.4. The van der Waals surface area contributed by atoms with Crippen molar-refractivity contribution in [3.8, 4) is 17.1 Å². The van der Waals surface area contributed by atoms with Gasteiger partial charge in [-0.15, -0.1) is 0 Å². The molecule has 10 heteroatoms. The molecular formula is C32H28F3N3O4. The zero-order chi connectivity index (χ0) is 29.8. The lowest BCUT2D eigenvalue weighted by Gasteiger charge is -2.17. The van der Waals surface area contributed by atoms with Gasteiger partial charge in [-0.1, -0.05) is 18.2 Å². The van der Waals surface area contributed by atoms with E-state index in [0.717, 1.165) is 30.5 Å². The Kier molecular flexibility index (Phi) is 8.53. The van der Waals surface area contributed by atoms with E-state index in [0.29, 0.717) is 22.4 Å². The van der Waals surface area contributed by atoms with Crippen molar-refractivity contribution in [2.24, 2.45) is 0 Å². The Hall–Kier alpha value is -4.70. The van der Waals surface area contributed by atoms with E-state index in [2.05, 4.69) is 15.0 Å². The molecule has 0 aliphatic heterocycles. The number of aromatic amines is 1. The number of H-pyrrole nitrogens is 1. The van der Waals surface area contributed by atoms with E-state index in [9.17, 15) is 13.6 Å². The monoisotopic (exact) mass is 575 g/mol. The van der Waals surface area contributed by atoms with Crippen LogP contribution >= 0.6 is 0 Å². The van der Waals surface area contributed by atoms with E-state index >= 15 is 4.39 Å². The van der Waals surface area contributed by atoms with Gasteiger partial charge in [0, 0.05) is 23.6 Å². The van der Waals surface area contributed by atoms with Crippen LogP contribution in [-0.4, -0.2) is 37.2 Å². The molecule has 0 radical (unpaired) electrons. The van der Waals surface area contributed by atoms with Crippen molar-refractivity contribution in [1.82, 2.24) is 15.0 Å². The fourth-order valence-electron chi connectivity index (χ4n) is 4.33. The second-order valence-corrected chi connectivity index (χ2v) is 10.2. The van der Waals surface area contributed by atoms with E-state index in [4.69, 9.17) is 14.9 Å². The number of carbonyl (C=O) groups is 1. The maximum absolute atomic E-state index is 15.0. The first kappa shape index (κ1) is 28.8. The van der Waals surface area contributed by atoms with Crippen LogP contribution < -0.4 is 4.74 Å². The molecule has 7 nitrogen and oxygen atoms in total. The topological polar surface area (TPSA) is 108 Å². The lowest BCUT2D eigenvalue weighted by Crippen LogP contribution is -2.15. The summed E-state index contributed by atoms with van der Waals surface area (Å²) < 4.78 is 49.7. The number of rotatable bonds is 7. The highest BCUT2D eigenvalue weighted by atomic mass is 19.1. The average Bonchev–Trinajstić information content (AvgIpc) is 3.35. The number of nitrogens with one attached hydrogen (secondary N) is 1. The maximum Gasteiger partial charge on any atom is 0.335 e. The minimum atomic E-state index is -1.08. The van der Waals surface area contributed by atoms with E-state index < -0.39 is 23.4 Å². The SMILES string of the molecule is Cc1ccc(COc2cccc(-c3cc(F)c(Cc4nc5ccc(C(=O)O)cc5[nH]4)cc3F)n2)c(F)c1.OC1CCC1. The lowest BCUT2D eigenvalue weighted by molar-refractivity contribution is 0.0697. The first-order valence-corrected chi connectivity index (χ1v) is 13.4. The number of carboxylic acids is 1. The molecule has 0 atom stereocenters. The zero-order valence-corrected chi connectivity index (χ0v) is 22.7. The van der Waals surface area contributed by atoms with Crippen LogP contribution in [-0.2, 0) is 13.0 Å². The molecule has 42 heavy (non-hydrogen) atoms. The minimum Gasteiger partial charge on any atom is -0.478 e. The van der Waals surface area contributed by atoms with Gasteiger partial charge in [-0.25, -0.2) is 27.9 Å². The largest absolute Gasteiger partial charge is 0.478 e. The molecule has 0 bridgehead atoms. The number of halogens is 3. The molecule has 0 unspecified atom stereocenters. The quantitative estimate of drug-likeness (QED) is 0.198. The van der Waals surface area contributed by atoms with Crippen molar-refractivity contribution < 1.29 is 32.9 Å². The normalized spacial score (nSPS) is 12.9. The first-order chi connectivity index (χ1) is 20.2. The van der Waals surface area contributed by atoms with Crippen LogP contribution in [0.4, 0.5) is 13.2 Å². The van der Waals surface area contributed by atoms with Gasteiger partial charge in [0.2, 0.25) is 5.88 Å². The molecule has 216 valence electrons. The first-order valence-electron chi connectivity index (χ1n) is 13.4. The van der Waals surface area contributed by atoms with Gasteiger partial charge in [-0.2, -0.15) is 0 Å². The summed E-state index contributed by atoms with van der Waals surface area (Å²) in [7, 11) is 0. The Balaban J connectivity index is 0.000000639. The highest BCUT2D eigenvalue weighted by Crippen LogP contribution is 2.27. The van der Waals surface area contributed by atoms with Crippen LogP contribution in [0.25, 0.3) is 22.3 Å². The minimum absolute atomic E-state index is 0.0290. The Labute approximate surface area is 239 Å². The maximum atomic E-state index is 15.0. The summed E-state index contributed by atoms with van der Waals surface area (Å²) in [6.45, 7) is 1.72. The van der Waals surface area contributed by atoms with E-state index in [1.807, 2.05) is 0 Å². The molecule has 0 spiro atoms. The Morgan fingerprint density at radius 2 is 1.71 bits per heavy atom. The average molecular weight is 576 g/mol. The molecule has 1 aliphatic rings. The number of pyridine rings is 1. The molecule has 2 aromatic heterocycles. The number of fused-ring (bicyclic) bond motifs is 1. The third-order valence-corrected chi connectivity index (χ3v) is 6.93. The van der Waals surface area contributed by atoms with Gasteiger partial charge >= 0.3 is 5.97 Å². The van der Waals surface area contributed by atoms with Gasteiger partial charge in [0.1, 0.15) is 29.9 Å². The fraction of sp³-hybridized carbons (Fsp3) is 0.219. The van der Waals surface area contributed by atoms with Gasteiger partial charge in [-0.05, 0) is 79.8 Å². The van der Waals surface area contributed by atoms with Crippen LogP contribution in [0.15, 0.2) is 66.7 Å². The van der Waals surface area contributed by atoms with Gasteiger partial charge < -0.3 is 19.9 Å². The summed E-state index contributed by atoms with van der Waals surface area (Å²) in [6, 6.07) is 16.0. The Morgan fingerprint density at radius 3 is 2.40 bits per heavy atom. The number of benzene rings is 3. The summed E-state index contributed by atoms with van der Waals surface area (Å²) in [5, 5.41) is 17.6. The molecule has 3 N–H and O–H groups in total. The second-order valence-electron chi connectivity index (χ2n) is 10.2. The molecule has 5 aromatic rings. The molecular weight excluding hydrogens is 547 g/mol. The summed E-state index contributed by atoms with van der Waals surface area (Å²) in [4.78, 5) is 22.7. The van der Waals surface area contributed by atoms with Crippen LogP contribution in [0.3, 0.4) is 0 Å². The van der Waals surface area contributed by atoms with Crippen LogP contribution in [0.1, 0.15) is 52.1 Å². The number of imidazole rings is 1. The van der Waals surface area contributed by atoms with E-state index in [-0.39, 0.29) is 47.4 Å². The number of hydrogen-bond donors (Lipinski definition) is 3. The van der Waals surface area contributed by atoms with Gasteiger partial charge in [-0.3, -0.25) is 0 Å². The highest BCUT2D eigenvalue weighted by Gasteiger charge is 2.16. The Morgan fingerprint density at radius 1 is 0.952 bits per heavy atom. The van der Waals surface area contributed by atoms with Crippen molar-refractivity contribution in [3.05, 3.63) is 112 Å². The molecule has 6 rings (SSSR count). The standard InChI is InChI=1S/C28H20F3N3O3.C4H8O/c1-15-5-6-17(20(29)9-15)14-37-27-4-2-3-23(34-27)19-13-21(30)18(10-22(19)31)12-26-32-24-8-7-16(28(35)36)11-25(24)33-26;5-4-2-1-3-4/h2-11,13H,12,14H2,1H3,(H,32,33)(H,35,36);4-5H,1-3H2. The van der Waals surface area contributed by atoms with Crippen molar-refractivity contribution in [2.75, 3.05) is 0 Å². The molecule has 1 aliphatic carbocycles. The number of aromatic carboxylic acids is 1. The number of aliphatic hydroxyl groups excluding tert-OH is 1. The van der Waals surface area contributed by atoms with Gasteiger partial charge in [0.25, 0.3) is 0 Å². The number of ether oxygens (including phenoxy) is 1. The third kappa shape index (κ3) is 6.77. The molecule has 3 aromatic carbocycles.